The van der Waals surface area contributed by atoms with E-state index in [4.69, 9.17) is 11.2 Å². The van der Waals surface area contributed by atoms with Crippen molar-refractivity contribution >= 4 is 18.5 Å². The Morgan fingerprint density at radius 1 is 1.45 bits per heavy atom. The lowest BCUT2D eigenvalue weighted by Gasteiger charge is -2.23. The molecule has 0 spiro atoms. The molecular weight excluding hydrogens is 300 g/mol. The smallest absolute Gasteiger partial charge is 0.410 e. The van der Waals surface area contributed by atoms with Crippen LogP contribution in [0.4, 0.5) is 4.79 Å². The Balaban J connectivity index is 0.00000242. The van der Waals surface area contributed by atoms with Gasteiger partial charge in [0.25, 0.3) is 0 Å². The maximum Gasteiger partial charge on any atom is 0.414 e. The number of carbonyl (C=O) groups excluding carboxylic acids is 1. The summed E-state index contributed by atoms with van der Waals surface area (Å²) < 4.78 is 5.53. The lowest BCUT2D eigenvalue weighted by Crippen LogP contribution is -2.29. The highest BCUT2D eigenvalue weighted by molar-refractivity contribution is 5.85. The molecule has 22 heavy (non-hydrogen) atoms. The van der Waals surface area contributed by atoms with Crippen molar-refractivity contribution in [3.05, 3.63) is 29.3 Å². The Morgan fingerprint density at radius 3 is 2.82 bits per heavy atom. The molecule has 0 heterocycles. The molecule has 4 nitrogen and oxygen atoms in total. The van der Waals surface area contributed by atoms with Crippen LogP contribution in [0.1, 0.15) is 30.5 Å². The molecule has 1 unspecified atom stereocenters. The predicted octanol–water partition coefficient (Wildman–Crippen LogP) is 3.11. The van der Waals surface area contributed by atoms with E-state index in [2.05, 4.69) is 16.9 Å². The van der Waals surface area contributed by atoms with Crippen molar-refractivity contribution in [2.45, 2.75) is 25.8 Å². The fourth-order valence-corrected chi connectivity index (χ4v) is 2.71. The first-order chi connectivity index (χ1) is 10.1. The molecule has 1 aromatic rings. The van der Waals surface area contributed by atoms with Gasteiger partial charge >= 0.3 is 6.09 Å². The maximum absolute atomic E-state index is 11.9. The number of hydrogen-bond acceptors (Lipinski definition) is 3. The minimum atomic E-state index is -0.314. The maximum atomic E-state index is 11.9. The summed E-state index contributed by atoms with van der Waals surface area (Å²) in [5, 5.41) is 0. The summed E-state index contributed by atoms with van der Waals surface area (Å²) >= 11 is 0. The predicted molar refractivity (Wildman–Crippen MR) is 90.5 cm³/mol. The zero-order chi connectivity index (χ0) is 15.4. The number of rotatable bonds is 4. The molecule has 120 valence electrons. The van der Waals surface area contributed by atoms with Gasteiger partial charge in [-0.25, -0.2) is 4.79 Å². The van der Waals surface area contributed by atoms with E-state index < -0.39 is 0 Å². The molecule has 0 bridgehead atoms. The number of fused-ring (bicyclic) bond motifs is 1. The standard InChI is InChI=1S/C17H22N2O2.ClH/c1-5-12-19(4)15-11-10-14-13(15)8-7-9-16(14)21-17(20)18(3)6-2;/h1,7-9,15H,6,10-12H2,2-4H3;1H. The third-order valence-electron chi connectivity index (χ3n) is 4.05. The van der Waals surface area contributed by atoms with Crippen LogP contribution in [0.25, 0.3) is 0 Å². The average molecular weight is 323 g/mol. The van der Waals surface area contributed by atoms with E-state index in [1.165, 1.54) is 5.56 Å². The van der Waals surface area contributed by atoms with Gasteiger partial charge in [0.15, 0.2) is 0 Å². The van der Waals surface area contributed by atoms with E-state index >= 15 is 0 Å². The topological polar surface area (TPSA) is 32.8 Å². The van der Waals surface area contributed by atoms with Gasteiger partial charge in [0.05, 0.1) is 6.54 Å². The van der Waals surface area contributed by atoms with E-state index in [0.29, 0.717) is 24.9 Å². The van der Waals surface area contributed by atoms with Crippen LogP contribution in [0.15, 0.2) is 18.2 Å². The normalized spacial score (nSPS) is 15.7. The molecule has 0 saturated carbocycles. The molecule has 0 radical (unpaired) electrons. The van der Waals surface area contributed by atoms with E-state index in [0.717, 1.165) is 18.4 Å². The van der Waals surface area contributed by atoms with Crippen LogP contribution >= 0.6 is 12.4 Å². The third-order valence-corrected chi connectivity index (χ3v) is 4.05. The van der Waals surface area contributed by atoms with Crippen molar-refractivity contribution in [3.63, 3.8) is 0 Å². The molecule has 0 saturated heterocycles. The molecule has 1 aliphatic carbocycles. The van der Waals surface area contributed by atoms with Crippen molar-refractivity contribution in [1.82, 2.24) is 9.80 Å². The Labute approximate surface area is 138 Å². The highest BCUT2D eigenvalue weighted by Crippen LogP contribution is 2.39. The van der Waals surface area contributed by atoms with Gasteiger partial charge in [-0.15, -0.1) is 18.8 Å². The van der Waals surface area contributed by atoms with Gasteiger partial charge in [0.2, 0.25) is 0 Å². The van der Waals surface area contributed by atoms with Gasteiger partial charge in [0.1, 0.15) is 5.75 Å². The van der Waals surface area contributed by atoms with Gasteiger partial charge in [0, 0.05) is 19.6 Å². The Kier molecular flexibility index (Phi) is 6.73. The number of carbonyl (C=O) groups is 1. The minimum absolute atomic E-state index is 0. The lowest BCUT2D eigenvalue weighted by atomic mass is 10.1. The van der Waals surface area contributed by atoms with Crippen LogP contribution in [0.5, 0.6) is 5.75 Å². The number of nitrogens with zero attached hydrogens (tertiary/aromatic N) is 2. The summed E-state index contributed by atoms with van der Waals surface area (Å²) in [5.41, 5.74) is 2.35. The van der Waals surface area contributed by atoms with Crippen molar-refractivity contribution in [2.75, 3.05) is 27.2 Å². The summed E-state index contributed by atoms with van der Waals surface area (Å²) in [6, 6.07) is 6.21. The fraction of sp³-hybridized carbons (Fsp3) is 0.471. The molecule has 1 aromatic carbocycles. The zero-order valence-electron chi connectivity index (χ0n) is 13.3. The molecule has 0 fully saturated rings. The molecule has 0 aromatic heterocycles. The van der Waals surface area contributed by atoms with Crippen LogP contribution in [0.3, 0.4) is 0 Å². The Hall–Kier alpha value is -1.70. The van der Waals surface area contributed by atoms with Gasteiger partial charge in [-0.2, -0.15) is 0 Å². The number of ether oxygens (including phenoxy) is 1. The highest BCUT2D eigenvalue weighted by Gasteiger charge is 2.28. The van der Waals surface area contributed by atoms with E-state index in [1.54, 1.807) is 11.9 Å². The molecule has 1 atom stereocenters. The molecular formula is C17H23ClN2O2. The molecule has 5 heteroatoms. The van der Waals surface area contributed by atoms with Gasteiger partial charge < -0.3 is 9.64 Å². The van der Waals surface area contributed by atoms with Gasteiger partial charge in [-0.3, -0.25) is 4.90 Å². The second kappa shape index (κ2) is 8.07. The van der Waals surface area contributed by atoms with E-state index in [9.17, 15) is 4.79 Å². The van der Waals surface area contributed by atoms with Crippen LogP contribution in [-0.2, 0) is 6.42 Å². The molecule has 0 aliphatic heterocycles. The number of amides is 1. The fourth-order valence-electron chi connectivity index (χ4n) is 2.71. The summed E-state index contributed by atoms with van der Waals surface area (Å²) in [4.78, 5) is 15.6. The SMILES string of the molecule is C#CCN(C)C1CCc2c(OC(=O)N(C)CC)cccc21.Cl. The van der Waals surface area contributed by atoms with Gasteiger partial charge in [-0.1, -0.05) is 18.1 Å². The number of terminal acetylenes is 1. The zero-order valence-corrected chi connectivity index (χ0v) is 14.2. The first-order valence-electron chi connectivity index (χ1n) is 7.26. The minimum Gasteiger partial charge on any atom is -0.410 e. The summed E-state index contributed by atoms with van der Waals surface area (Å²) in [5.74, 6) is 3.35. The quantitative estimate of drug-likeness (QED) is 0.799. The van der Waals surface area contributed by atoms with E-state index in [1.807, 2.05) is 26.1 Å². The first-order valence-corrected chi connectivity index (χ1v) is 7.26. The largest absolute Gasteiger partial charge is 0.414 e. The molecule has 1 amide bonds. The van der Waals surface area contributed by atoms with Crippen molar-refractivity contribution in [2.24, 2.45) is 0 Å². The second-order valence-corrected chi connectivity index (χ2v) is 5.38. The Morgan fingerprint density at radius 2 is 2.18 bits per heavy atom. The second-order valence-electron chi connectivity index (χ2n) is 5.38. The Bertz CT molecular complexity index is 568. The summed E-state index contributed by atoms with van der Waals surface area (Å²) in [6.45, 7) is 3.16. The van der Waals surface area contributed by atoms with Crippen molar-refractivity contribution < 1.29 is 9.53 Å². The molecule has 2 rings (SSSR count). The first kappa shape index (κ1) is 18.3. The molecule has 1 aliphatic rings. The third kappa shape index (κ3) is 3.73. The van der Waals surface area contributed by atoms with Crippen LogP contribution < -0.4 is 4.74 Å². The average Bonchev–Trinajstić information content (AvgIpc) is 2.91. The number of halogens is 1. The monoisotopic (exact) mass is 322 g/mol. The number of hydrogen-bond donors (Lipinski definition) is 0. The van der Waals surface area contributed by atoms with E-state index in [-0.39, 0.29) is 18.5 Å². The van der Waals surface area contributed by atoms with Crippen molar-refractivity contribution in [1.29, 1.82) is 0 Å². The van der Waals surface area contributed by atoms with Gasteiger partial charge in [-0.05, 0) is 44.0 Å². The van der Waals surface area contributed by atoms with Crippen molar-refractivity contribution in [3.8, 4) is 18.1 Å². The van der Waals surface area contributed by atoms with Crippen LogP contribution in [0, 0.1) is 12.3 Å². The summed E-state index contributed by atoms with van der Waals surface area (Å²) in [7, 11) is 3.76. The summed E-state index contributed by atoms with van der Waals surface area (Å²) in [6.07, 6.45) is 7.00. The van der Waals surface area contributed by atoms with Crippen LogP contribution in [-0.4, -0.2) is 43.1 Å². The molecule has 0 N–H and O–H groups in total. The highest BCUT2D eigenvalue weighted by atomic mass is 35.5. The lowest BCUT2D eigenvalue weighted by molar-refractivity contribution is 0.165. The van der Waals surface area contributed by atoms with Crippen LogP contribution in [0.2, 0.25) is 0 Å². The number of benzene rings is 1.